The van der Waals surface area contributed by atoms with Gasteiger partial charge in [-0.05, 0) is 80.3 Å². The highest BCUT2D eigenvalue weighted by Crippen LogP contribution is 2.38. The number of aromatic nitrogens is 1. The van der Waals surface area contributed by atoms with Crippen LogP contribution >= 0.6 is 35.3 Å². The van der Waals surface area contributed by atoms with Crippen LogP contribution in [-0.2, 0) is 19.2 Å². The van der Waals surface area contributed by atoms with Crippen LogP contribution < -0.4 is 26.8 Å². The Morgan fingerprint density at radius 3 is 2.39 bits per heavy atom. The Balaban J connectivity index is 0.00000720. The number of likely N-dealkylation sites (tertiary alicyclic amines) is 2. The monoisotopic (exact) mass is 845 g/mol. The van der Waals surface area contributed by atoms with E-state index in [4.69, 9.17) is 27.8 Å². The van der Waals surface area contributed by atoms with Crippen LogP contribution in [0.4, 0.5) is 0 Å². The highest BCUT2D eigenvalue weighted by Gasteiger charge is 2.45. The van der Waals surface area contributed by atoms with Crippen molar-refractivity contribution in [1.82, 2.24) is 25.4 Å². The summed E-state index contributed by atoms with van der Waals surface area (Å²) in [4.78, 5) is 61.3. The molecule has 2 saturated heterocycles. The third-order valence-electron chi connectivity index (χ3n) is 10.7. The molecule has 16 heteroatoms. The maximum atomic E-state index is 14.2. The number of aliphatic hydroxyl groups excluding tert-OH is 1. The van der Waals surface area contributed by atoms with E-state index >= 15 is 0 Å². The summed E-state index contributed by atoms with van der Waals surface area (Å²) in [6.45, 7) is 11.1. The zero-order valence-corrected chi connectivity index (χ0v) is 35.7. The lowest BCUT2D eigenvalue weighted by molar-refractivity contribution is -0.144. The Morgan fingerprint density at radius 1 is 1.09 bits per heavy atom. The van der Waals surface area contributed by atoms with E-state index in [-0.39, 0.29) is 74.8 Å². The first-order valence-corrected chi connectivity index (χ1v) is 20.5. The fourth-order valence-corrected chi connectivity index (χ4v) is 8.54. The topological polar surface area (TPSA) is 193 Å². The molecule has 4 amide bonds. The summed E-state index contributed by atoms with van der Waals surface area (Å²) in [6, 6.07) is 11.1. The van der Waals surface area contributed by atoms with Gasteiger partial charge < -0.3 is 36.8 Å². The number of nitrogens with one attached hydrogen (secondary N) is 2. The molecular weight excluding hydrogens is 789 g/mol. The lowest BCUT2D eigenvalue weighted by Gasteiger charge is -2.36. The third-order valence-corrected chi connectivity index (χ3v) is 12.0. The summed E-state index contributed by atoms with van der Waals surface area (Å²) < 4.78 is 5.89. The number of hydrogen-bond donors (Lipinski definition) is 5. The van der Waals surface area contributed by atoms with Crippen LogP contribution in [0.1, 0.15) is 88.6 Å². The largest absolute Gasteiger partial charge is 0.490 e. The predicted octanol–water partition coefficient (Wildman–Crippen LogP) is 4.71. The number of nitrogens with two attached hydrogens (primary N) is 2. The molecule has 3 aromatic rings. The smallest absolute Gasteiger partial charge is 0.246 e. The summed E-state index contributed by atoms with van der Waals surface area (Å²) in [5, 5.41) is 17.2. The Kier molecular flexibility index (Phi) is 16.3. The summed E-state index contributed by atoms with van der Waals surface area (Å²) in [7, 11) is 0. The van der Waals surface area contributed by atoms with Gasteiger partial charge in [0.05, 0.1) is 39.8 Å². The van der Waals surface area contributed by atoms with Crippen molar-refractivity contribution in [3.8, 4) is 16.2 Å². The number of carbonyl (C=O) groups is 4. The molecule has 312 valence electrons. The van der Waals surface area contributed by atoms with Crippen LogP contribution in [0.15, 0.2) is 48.0 Å². The molecule has 13 nitrogen and oxygen atoms in total. The van der Waals surface area contributed by atoms with Gasteiger partial charge in [-0.2, -0.15) is 0 Å². The van der Waals surface area contributed by atoms with Crippen LogP contribution in [0.5, 0.6) is 5.75 Å². The maximum Gasteiger partial charge on any atom is 0.246 e. The quantitative estimate of drug-likeness (QED) is 0.144. The average molecular weight is 847 g/mol. The summed E-state index contributed by atoms with van der Waals surface area (Å²) in [5.41, 5.74) is 16.3. The molecule has 0 saturated carbocycles. The molecule has 5 rings (SSSR count). The van der Waals surface area contributed by atoms with Gasteiger partial charge in [0.2, 0.25) is 23.6 Å². The van der Waals surface area contributed by atoms with Crippen molar-refractivity contribution in [2.45, 2.75) is 103 Å². The van der Waals surface area contributed by atoms with Gasteiger partial charge >= 0.3 is 0 Å². The van der Waals surface area contributed by atoms with Gasteiger partial charge in [-0.15, -0.1) is 23.7 Å². The van der Waals surface area contributed by atoms with Crippen LogP contribution in [-0.4, -0.2) is 101 Å². The van der Waals surface area contributed by atoms with Crippen molar-refractivity contribution >= 4 is 59.0 Å². The number of aryl methyl sites for hydroxylation is 1. The number of β-amino-alcohol motifs (C(OH)–C–C–N with tert-alkyl or cyclic N) is 1. The van der Waals surface area contributed by atoms with E-state index in [0.29, 0.717) is 30.3 Å². The molecule has 5 atom stereocenters. The molecule has 2 aliphatic heterocycles. The summed E-state index contributed by atoms with van der Waals surface area (Å²) in [5.74, 6) is -0.749. The number of carbonyl (C=O) groups excluding carboxylic acids is 4. The number of thiazole rings is 1. The number of benzene rings is 2. The molecule has 57 heavy (non-hydrogen) atoms. The SMILES string of the molecule is Cc1ncsc1-c1ccc([C@H](C)NC(=O)[C@@H]2C[C@@H](O)CN2C(=O)[C@@H](NC(=O)CN2CCC(c3cccc(OC[C@@H](N)CCC(N)=O)c3Cl)CC2)C(C)(C)C)cc1.Cl. The van der Waals surface area contributed by atoms with E-state index in [1.165, 1.54) is 4.90 Å². The van der Waals surface area contributed by atoms with E-state index in [2.05, 4.69) is 20.5 Å². The van der Waals surface area contributed by atoms with Crippen molar-refractivity contribution < 1.29 is 29.0 Å². The molecule has 1 aromatic heterocycles. The number of hydrogen-bond acceptors (Lipinski definition) is 10. The van der Waals surface area contributed by atoms with Gasteiger partial charge in [0.15, 0.2) is 0 Å². The fourth-order valence-electron chi connectivity index (χ4n) is 7.39. The van der Waals surface area contributed by atoms with E-state index in [1.807, 2.05) is 76.5 Å². The van der Waals surface area contributed by atoms with E-state index in [9.17, 15) is 24.3 Å². The van der Waals surface area contributed by atoms with Gasteiger partial charge in [-0.25, -0.2) is 4.98 Å². The second-order valence-corrected chi connectivity index (χ2v) is 17.4. The number of aliphatic hydroxyl groups is 1. The molecular formula is C41H57Cl2N7O6S. The molecule has 2 fully saturated rings. The molecule has 7 N–H and O–H groups in total. The van der Waals surface area contributed by atoms with Gasteiger partial charge in [-0.3, -0.25) is 24.1 Å². The number of piperidine rings is 1. The van der Waals surface area contributed by atoms with Crippen molar-refractivity contribution in [2.75, 3.05) is 32.8 Å². The number of rotatable bonds is 15. The predicted molar refractivity (Wildman–Crippen MR) is 225 cm³/mol. The molecule has 0 aliphatic carbocycles. The zero-order valence-electron chi connectivity index (χ0n) is 33.3. The van der Waals surface area contributed by atoms with Crippen molar-refractivity contribution in [1.29, 1.82) is 0 Å². The first kappa shape index (κ1) is 45.9. The Morgan fingerprint density at radius 2 is 1.77 bits per heavy atom. The van der Waals surface area contributed by atoms with E-state index < -0.39 is 35.4 Å². The molecule has 3 heterocycles. The van der Waals surface area contributed by atoms with Gasteiger partial charge in [0, 0.05) is 25.4 Å². The Hall–Kier alpha value is -3.79. The Labute approximate surface area is 350 Å². The van der Waals surface area contributed by atoms with Crippen LogP contribution in [0, 0.1) is 12.3 Å². The van der Waals surface area contributed by atoms with Crippen LogP contribution in [0.25, 0.3) is 10.4 Å². The highest BCUT2D eigenvalue weighted by molar-refractivity contribution is 7.13. The second kappa shape index (κ2) is 20.3. The first-order valence-electron chi connectivity index (χ1n) is 19.3. The molecule has 0 unspecified atom stereocenters. The summed E-state index contributed by atoms with van der Waals surface area (Å²) in [6.07, 6.45) is 1.40. The van der Waals surface area contributed by atoms with Crippen molar-refractivity contribution in [3.63, 3.8) is 0 Å². The lowest BCUT2D eigenvalue weighted by Crippen LogP contribution is -2.59. The van der Waals surface area contributed by atoms with Crippen LogP contribution in [0.2, 0.25) is 5.02 Å². The number of primary amides is 1. The van der Waals surface area contributed by atoms with E-state index in [0.717, 1.165) is 40.1 Å². The lowest BCUT2D eigenvalue weighted by atomic mass is 9.85. The second-order valence-electron chi connectivity index (χ2n) is 16.2. The number of halogens is 2. The zero-order chi connectivity index (χ0) is 40.7. The number of nitrogens with zero attached hydrogens (tertiary/aromatic N) is 3. The van der Waals surface area contributed by atoms with Crippen molar-refractivity contribution in [3.05, 3.63) is 69.8 Å². The number of ether oxygens (including phenoxy) is 1. The molecule has 0 spiro atoms. The van der Waals surface area contributed by atoms with Crippen molar-refractivity contribution in [2.24, 2.45) is 16.9 Å². The molecule has 0 radical (unpaired) electrons. The minimum atomic E-state index is -0.918. The maximum absolute atomic E-state index is 14.2. The first-order chi connectivity index (χ1) is 26.5. The normalized spacial score (nSPS) is 19.3. The minimum absolute atomic E-state index is 0. The summed E-state index contributed by atoms with van der Waals surface area (Å²) >= 11 is 8.36. The fraction of sp³-hybridized carbons (Fsp3) is 0.537. The minimum Gasteiger partial charge on any atom is -0.490 e. The van der Waals surface area contributed by atoms with Gasteiger partial charge in [0.25, 0.3) is 0 Å². The van der Waals surface area contributed by atoms with E-state index in [1.54, 1.807) is 17.4 Å². The average Bonchev–Trinajstić information content (AvgIpc) is 3.77. The standard InChI is InChI=1S/C41H56ClN7O6S.ClH/c1-24(26-9-11-28(12-10-26)37-25(2)45-23-56-37)46-39(53)32-19-30(50)20-49(32)40(54)38(41(3,4)5)47-35(52)21-48-17-15-27(16-18-48)31-7-6-8-33(36(31)42)55-22-29(43)13-14-34(44)51;/h6-12,23-24,27,29-30,32,38,50H,13-22,43H2,1-5H3,(H2,44,51)(H,46,53)(H,47,52);1H/t24-,29-,30+,32-,38+;/m0./s1. The van der Waals surface area contributed by atoms with Crippen LogP contribution in [0.3, 0.4) is 0 Å². The molecule has 0 bridgehead atoms. The third kappa shape index (κ3) is 12.1. The molecule has 2 aromatic carbocycles. The number of amides is 4. The highest BCUT2D eigenvalue weighted by atomic mass is 35.5. The molecule has 2 aliphatic rings. The Bertz CT molecular complexity index is 1850. The van der Waals surface area contributed by atoms with Gasteiger partial charge in [0.1, 0.15) is 24.4 Å². The van der Waals surface area contributed by atoms with Gasteiger partial charge in [-0.1, -0.05) is 68.8 Å².